The van der Waals surface area contributed by atoms with Crippen LogP contribution in [0, 0.1) is 0 Å². The fourth-order valence-corrected chi connectivity index (χ4v) is 0.853. The Balaban J connectivity index is 4.15. The van der Waals surface area contributed by atoms with E-state index in [-0.39, 0.29) is 0 Å². The van der Waals surface area contributed by atoms with Gasteiger partial charge in [-0.25, -0.2) is 4.79 Å². The van der Waals surface area contributed by atoms with E-state index in [1.807, 2.05) is 0 Å². The molecule has 0 rings (SSSR count). The van der Waals surface area contributed by atoms with Gasteiger partial charge >= 0.3 is 11.5 Å². The number of hydrogen-bond acceptors (Lipinski definition) is 2. The third-order valence-electron chi connectivity index (χ3n) is 1.12. The lowest BCUT2D eigenvalue weighted by molar-refractivity contribution is 0.00694. The molecule has 1 amide bonds. The van der Waals surface area contributed by atoms with Crippen molar-refractivity contribution in [2.45, 2.75) is 31.8 Å². The van der Waals surface area contributed by atoms with Crippen molar-refractivity contribution >= 4 is 17.7 Å². The van der Waals surface area contributed by atoms with Crippen LogP contribution in [0.5, 0.6) is 0 Å². The van der Waals surface area contributed by atoms with Crippen molar-refractivity contribution in [2.24, 2.45) is 0 Å². The number of alkyl halides is 3. The van der Waals surface area contributed by atoms with Crippen LogP contribution >= 0.6 is 11.6 Å². The summed E-state index contributed by atoms with van der Waals surface area (Å²) in [7, 11) is 1.20. The molecule has 0 spiro atoms. The molecule has 0 saturated carbocycles. The zero-order valence-corrected chi connectivity index (χ0v) is 9.36. The lowest BCUT2D eigenvalue weighted by atomic mass is 10.2. The van der Waals surface area contributed by atoms with Gasteiger partial charge in [0.1, 0.15) is 12.1 Å². The van der Waals surface area contributed by atoms with Crippen LogP contribution in [-0.2, 0) is 4.74 Å². The molecular formula is C8H14ClF2NO2. The molecule has 6 heteroatoms. The highest BCUT2D eigenvalue weighted by Crippen LogP contribution is 2.20. The van der Waals surface area contributed by atoms with Gasteiger partial charge in [0, 0.05) is 7.05 Å². The molecule has 84 valence electrons. The van der Waals surface area contributed by atoms with Crippen molar-refractivity contribution in [3.05, 3.63) is 0 Å². The Morgan fingerprint density at radius 3 is 2.14 bits per heavy atom. The van der Waals surface area contributed by atoms with E-state index in [1.165, 1.54) is 7.05 Å². The first kappa shape index (κ1) is 13.4. The van der Waals surface area contributed by atoms with Gasteiger partial charge in [0.05, 0.1) is 0 Å². The fraction of sp³-hybridized carbons (Fsp3) is 0.875. The number of carbonyl (C=O) groups is 1. The minimum Gasteiger partial charge on any atom is -0.444 e. The topological polar surface area (TPSA) is 29.5 Å². The molecule has 0 aliphatic rings. The third kappa shape index (κ3) is 6.88. The number of carbonyl (C=O) groups excluding carboxylic acids is 1. The Hall–Kier alpha value is -0.580. The quantitative estimate of drug-likeness (QED) is 0.682. The molecule has 0 bridgehead atoms. The van der Waals surface area contributed by atoms with Crippen LogP contribution in [0.4, 0.5) is 13.6 Å². The summed E-state index contributed by atoms with van der Waals surface area (Å²) in [5, 5.41) is -3.42. The SMILES string of the molecule is CN(CC(F)(F)Cl)C(=O)OC(C)(C)C. The minimum absolute atomic E-state index is 0.701. The molecule has 0 aromatic heterocycles. The normalized spacial score (nSPS) is 12.5. The Morgan fingerprint density at radius 1 is 1.43 bits per heavy atom. The minimum atomic E-state index is -3.42. The molecule has 3 nitrogen and oxygen atoms in total. The molecule has 0 heterocycles. The van der Waals surface area contributed by atoms with Crippen LogP contribution in [0.3, 0.4) is 0 Å². The summed E-state index contributed by atoms with van der Waals surface area (Å²) in [4.78, 5) is 11.9. The summed E-state index contributed by atoms with van der Waals surface area (Å²) in [6, 6.07) is 0. The molecular weight excluding hydrogens is 216 g/mol. The predicted octanol–water partition coefficient (Wildman–Crippen LogP) is 2.68. The van der Waals surface area contributed by atoms with Crippen LogP contribution in [0.2, 0.25) is 0 Å². The molecule has 14 heavy (non-hydrogen) atoms. The second kappa shape index (κ2) is 4.29. The summed E-state index contributed by atoms with van der Waals surface area (Å²) in [6.45, 7) is 4.08. The van der Waals surface area contributed by atoms with Crippen molar-refractivity contribution in [3.63, 3.8) is 0 Å². The maximum Gasteiger partial charge on any atom is 0.410 e. The van der Waals surface area contributed by atoms with Crippen molar-refractivity contribution in [1.29, 1.82) is 0 Å². The van der Waals surface area contributed by atoms with Crippen LogP contribution < -0.4 is 0 Å². The Labute approximate surface area is 87.0 Å². The Kier molecular flexibility index (Phi) is 4.12. The lowest BCUT2D eigenvalue weighted by Crippen LogP contribution is -2.39. The first-order valence-electron chi connectivity index (χ1n) is 4.02. The predicted molar refractivity (Wildman–Crippen MR) is 49.7 cm³/mol. The van der Waals surface area contributed by atoms with E-state index in [0.717, 1.165) is 4.90 Å². The zero-order valence-electron chi connectivity index (χ0n) is 8.60. The smallest absolute Gasteiger partial charge is 0.410 e. The molecule has 0 aromatic rings. The zero-order chi connectivity index (χ0) is 11.6. The fourth-order valence-electron chi connectivity index (χ4n) is 0.673. The number of ether oxygens (including phenoxy) is 1. The van der Waals surface area contributed by atoms with E-state index in [4.69, 9.17) is 4.74 Å². The number of nitrogens with zero attached hydrogens (tertiary/aromatic N) is 1. The molecule has 0 aliphatic heterocycles. The Morgan fingerprint density at radius 2 is 1.86 bits per heavy atom. The Bertz CT molecular complexity index is 210. The van der Waals surface area contributed by atoms with Crippen molar-refractivity contribution < 1.29 is 18.3 Å². The standard InChI is InChI=1S/C8H14ClF2NO2/c1-7(2,3)14-6(13)12(4)5-8(9,10)11/h5H2,1-4H3. The van der Waals surface area contributed by atoms with Gasteiger partial charge in [-0.3, -0.25) is 0 Å². The van der Waals surface area contributed by atoms with E-state index in [1.54, 1.807) is 20.8 Å². The van der Waals surface area contributed by atoms with Gasteiger partial charge in [-0.15, -0.1) is 0 Å². The molecule has 0 aromatic carbocycles. The lowest BCUT2D eigenvalue weighted by Gasteiger charge is -2.25. The maximum absolute atomic E-state index is 12.3. The van der Waals surface area contributed by atoms with Gasteiger partial charge in [-0.2, -0.15) is 8.78 Å². The van der Waals surface area contributed by atoms with E-state index < -0.39 is 23.6 Å². The summed E-state index contributed by atoms with van der Waals surface area (Å²) < 4.78 is 29.4. The number of halogens is 3. The van der Waals surface area contributed by atoms with Gasteiger partial charge in [-0.1, -0.05) is 0 Å². The highest BCUT2D eigenvalue weighted by Gasteiger charge is 2.30. The van der Waals surface area contributed by atoms with Gasteiger partial charge in [0.15, 0.2) is 0 Å². The number of amides is 1. The van der Waals surface area contributed by atoms with Crippen LogP contribution in [-0.4, -0.2) is 35.6 Å². The molecule has 0 radical (unpaired) electrons. The van der Waals surface area contributed by atoms with Gasteiger partial charge in [-0.05, 0) is 32.4 Å². The molecule has 0 fully saturated rings. The van der Waals surface area contributed by atoms with Crippen LogP contribution in [0.1, 0.15) is 20.8 Å². The van der Waals surface area contributed by atoms with E-state index in [9.17, 15) is 13.6 Å². The van der Waals surface area contributed by atoms with E-state index in [2.05, 4.69) is 11.6 Å². The maximum atomic E-state index is 12.3. The monoisotopic (exact) mass is 229 g/mol. The van der Waals surface area contributed by atoms with Crippen LogP contribution in [0.25, 0.3) is 0 Å². The first-order valence-corrected chi connectivity index (χ1v) is 4.40. The van der Waals surface area contributed by atoms with E-state index >= 15 is 0 Å². The average molecular weight is 230 g/mol. The largest absolute Gasteiger partial charge is 0.444 e. The highest BCUT2D eigenvalue weighted by atomic mass is 35.5. The average Bonchev–Trinajstić information content (AvgIpc) is 1.78. The number of hydrogen-bond donors (Lipinski definition) is 0. The molecule has 0 N–H and O–H groups in total. The summed E-state index contributed by atoms with van der Waals surface area (Å²) in [5.41, 5.74) is -0.701. The molecule has 0 atom stereocenters. The molecule has 0 unspecified atom stereocenters. The highest BCUT2D eigenvalue weighted by molar-refractivity contribution is 6.21. The summed E-state index contributed by atoms with van der Waals surface area (Å²) in [5.74, 6) is 0. The second-order valence-corrected chi connectivity index (χ2v) is 4.50. The van der Waals surface area contributed by atoms with Crippen LogP contribution in [0.15, 0.2) is 0 Å². The van der Waals surface area contributed by atoms with Gasteiger partial charge in [0.25, 0.3) is 0 Å². The molecule has 0 aliphatic carbocycles. The first-order chi connectivity index (χ1) is 6.01. The van der Waals surface area contributed by atoms with Gasteiger partial charge in [0.2, 0.25) is 0 Å². The van der Waals surface area contributed by atoms with Crippen molar-refractivity contribution in [2.75, 3.05) is 13.6 Å². The number of rotatable bonds is 2. The van der Waals surface area contributed by atoms with Gasteiger partial charge < -0.3 is 9.64 Å². The second-order valence-electron chi connectivity index (χ2n) is 3.95. The summed E-state index contributed by atoms with van der Waals surface area (Å²) >= 11 is 4.66. The van der Waals surface area contributed by atoms with Crippen molar-refractivity contribution in [3.8, 4) is 0 Å². The summed E-state index contributed by atoms with van der Waals surface area (Å²) in [6.07, 6.45) is -0.821. The molecule has 0 saturated heterocycles. The third-order valence-corrected chi connectivity index (χ3v) is 1.24. The van der Waals surface area contributed by atoms with E-state index in [0.29, 0.717) is 0 Å². The van der Waals surface area contributed by atoms with Crippen molar-refractivity contribution in [1.82, 2.24) is 4.90 Å².